The standard InChI is InChI=1S/C17H23N3O/c1-12-10-13(17(2,3)4)8-9-15(12)21-11-14-6-5-7-16(19-14)20-18/h5-10H,11,18H2,1-4H3,(H,19,20). The van der Waals surface area contributed by atoms with Crippen molar-refractivity contribution in [2.24, 2.45) is 5.84 Å². The lowest BCUT2D eigenvalue weighted by Gasteiger charge is -2.20. The fourth-order valence-corrected chi connectivity index (χ4v) is 2.07. The molecule has 2 rings (SSSR count). The SMILES string of the molecule is Cc1cc(C(C)(C)C)ccc1OCc1cccc(NN)n1. The van der Waals surface area contributed by atoms with Crippen LogP contribution in [0.25, 0.3) is 0 Å². The lowest BCUT2D eigenvalue weighted by atomic mass is 9.86. The van der Waals surface area contributed by atoms with Crippen molar-refractivity contribution in [2.75, 3.05) is 5.43 Å². The Morgan fingerprint density at radius 3 is 2.57 bits per heavy atom. The fraction of sp³-hybridized carbons (Fsp3) is 0.353. The van der Waals surface area contributed by atoms with Gasteiger partial charge in [-0.2, -0.15) is 0 Å². The number of rotatable bonds is 4. The number of pyridine rings is 1. The number of nitrogen functional groups attached to an aromatic ring is 1. The predicted octanol–water partition coefficient (Wildman–Crippen LogP) is 3.55. The summed E-state index contributed by atoms with van der Waals surface area (Å²) in [6.45, 7) is 9.10. The molecule has 0 amide bonds. The van der Waals surface area contributed by atoms with Crippen LogP contribution in [-0.2, 0) is 12.0 Å². The molecule has 0 aliphatic carbocycles. The molecule has 0 unspecified atom stereocenters. The number of hydrogen-bond donors (Lipinski definition) is 2. The van der Waals surface area contributed by atoms with Gasteiger partial charge >= 0.3 is 0 Å². The normalized spacial score (nSPS) is 11.3. The topological polar surface area (TPSA) is 60.2 Å². The Hall–Kier alpha value is -2.07. The second-order valence-corrected chi connectivity index (χ2v) is 6.18. The Morgan fingerprint density at radius 1 is 1.19 bits per heavy atom. The lowest BCUT2D eigenvalue weighted by molar-refractivity contribution is 0.299. The Bertz CT molecular complexity index is 618. The number of ether oxygens (including phenoxy) is 1. The quantitative estimate of drug-likeness (QED) is 0.666. The minimum Gasteiger partial charge on any atom is -0.487 e. The van der Waals surface area contributed by atoms with Crippen LogP contribution in [0.4, 0.5) is 5.82 Å². The summed E-state index contributed by atoms with van der Waals surface area (Å²) in [4.78, 5) is 4.33. The van der Waals surface area contributed by atoms with E-state index in [0.717, 1.165) is 17.0 Å². The zero-order valence-electron chi connectivity index (χ0n) is 13.1. The van der Waals surface area contributed by atoms with Crippen molar-refractivity contribution in [1.29, 1.82) is 0 Å². The first kappa shape index (κ1) is 15.3. The molecule has 0 aliphatic rings. The van der Waals surface area contributed by atoms with Crippen LogP contribution in [0, 0.1) is 6.92 Å². The van der Waals surface area contributed by atoms with Crippen molar-refractivity contribution in [3.63, 3.8) is 0 Å². The molecule has 1 aromatic heterocycles. The van der Waals surface area contributed by atoms with E-state index in [9.17, 15) is 0 Å². The maximum absolute atomic E-state index is 5.86. The number of nitrogens with one attached hydrogen (secondary N) is 1. The van der Waals surface area contributed by atoms with Crippen molar-refractivity contribution in [3.8, 4) is 5.75 Å². The minimum atomic E-state index is 0.145. The van der Waals surface area contributed by atoms with Crippen LogP contribution in [0.1, 0.15) is 37.6 Å². The van der Waals surface area contributed by atoms with Gasteiger partial charge in [0.25, 0.3) is 0 Å². The van der Waals surface area contributed by atoms with Gasteiger partial charge in [0, 0.05) is 0 Å². The van der Waals surface area contributed by atoms with E-state index in [1.807, 2.05) is 24.3 Å². The molecule has 21 heavy (non-hydrogen) atoms. The molecule has 4 nitrogen and oxygen atoms in total. The zero-order valence-corrected chi connectivity index (χ0v) is 13.1. The number of nitrogens with zero attached hydrogens (tertiary/aromatic N) is 1. The van der Waals surface area contributed by atoms with E-state index < -0.39 is 0 Å². The molecule has 1 aromatic carbocycles. The molecule has 0 saturated carbocycles. The Morgan fingerprint density at radius 2 is 1.95 bits per heavy atom. The molecule has 2 aromatic rings. The summed E-state index contributed by atoms with van der Waals surface area (Å²) in [6, 6.07) is 12.0. The molecular weight excluding hydrogens is 262 g/mol. The molecule has 0 saturated heterocycles. The minimum absolute atomic E-state index is 0.145. The molecular formula is C17H23N3O. The van der Waals surface area contributed by atoms with E-state index in [0.29, 0.717) is 12.4 Å². The maximum Gasteiger partial charge on any atom is 0.140 e. The van der Waals surface area contributed by atoms with Crippen molar-refractivity contribution < 1.29 is 4.74 Å². The number of benzene rings is 1. The van der Waals surface area contributed by atoms with Crippen LogP contribution in [-0.4, -0.2) is 4.98 Å². The molecule has 0 spiro atoms. The van der Waals surface area contributed by atoms with Crippen molar-refractivity contribution >= 4 is 5.82 Å². The average molecular weight is 285 g/mol. The Kier molecular flexibility index (Phi) is 4.48. The zero-order chi connectivity index (χ0) is 15.5. The smallest absolute Gasteiger partial charge is 0.140 e. The molecule has 1 heterocycles. The van der Waals surface area contributed by atoms with Gasteiger partial charge in [0.15, 0.2) is 0 Å². The van der Waals surface area contributed by atoms with Crippen LogP contribution in [0.3, 0.4) is 0 Å². The van der Waals surface area contributed by atoms with E-state index in [-0.39, 0.29) is 5.41 Å². The van der Waals surface area contributed by atoms with E-state index in [1.54, 1.807) is 0 Å². The van der Waals surface area contributed by atoms with E-state index >= 15 is 0 Å². The van der Waals surface area contributed by atoms with Crippen molar-refractivity contribution in [1.82, 2.24) is 4.98 Å². The van der Waals surface area contributed by atoms with Gasteiger partial charge in [0.05, 0.1) is 5.69 Å². The summed E-state index contributed by atoms with van der Waals surface area (Å²) in [5.41, 5.74) is 5.96. The summed E-state index contributed by atoms with van der Waals surface area (Å²) < 4.78 is 5.86. The van der Waals surface area contributed by atoms with Crippen molar-refractivity contribution in [3.05, 3.63) is 53.2 Å². The first-order valence-corrected chi connectivity index (χ1v) is 7.06. The average Bonchev–Trinajstić information content (AvgIpc) is 2.45. The number of nitrogens with two attached hydrogens (primary N) is 1. The number of hydrogen-bond acceptors (Lipinski definition) is 4. The van der Waals surface area contributed by atoms with Gasteiger partial charge in [-0.3, -0.25) is 0 Å². The van der Waals surface area contributed by atoms with Gasteiger partial charge in [-0.1, -0.05) is 39.0 Å². The van der Waals surface area contributed by atoms with E-state index in [4.69, 9.17) is 10.6 Å². The maximum atomic E-state index is 5.86. The van der Waals surface area contributed by atoms with Crippen LogP contribution in [0.15, 0.2) is 36.4 Å². The molecule has 112 valence electrons. The fourth-order valence-electron chi connectivity index (χ4n) is 2.07. The van der Waals surface area contributed by atoms with Gasteiger partial charge < -0.3 is 10.2 Å². The second-order valence-electron chi connectivity index (χ2n) is 6.18. The first-order chi connectivity index (χ1) is 9.90. The largest absolute Gasteiger partial charge is 0.487 e. The first-order valence-electron chi connectivity index (χ1n) is 7.06. The number of aromatic nitrogens is 1. The Labute approximate surface area is 126 Å². The molecule has 0 fully saturated rings. The van der Waals surface area contributed by atoms with Gasteiger partial charge in [-0.25, -0.2) is 10.8 Å². The summed E-state index contributed by atoms with van der Waals surface area (Å²) in [5, 5.41) is 0. The molecule has 0 bridgehead atoms. The number of hydrazine groups is 1. The summed E-state index contributed by atoms with van der Waals surface area (Å²) in [7, 11) is 0. The van der Waals surface area contributed by atoms with Gasteiger partial charge in [-0.15, -0.1) is 0 Å². The van der Waals surface area contributed by atoms with Gasteiger partial charge in [-0.05, 0) is 41.7 Å². The predicted molar refractivity (Wildman–Crippen MR) is 86.3 cm³/mol. The summed E-state index contributed by atoms with van der Waals surface area (Å²) >= 11 is 0. The van der Waals surface area contributed by atoms with E-state index in [2.05, 4.69) is 50.2 Å². The highest BCUT2D eigenvalue weighted by atomic mass is 16.5. The van der Waals surface area contributed by atoms with E-state index in [1.165, 1.54) is 5.56 Å². The van der Waals surface area contributed by atoms with Crippen LogP contribution in [0.2, 0.25) is 0 Å². The second kappa shape index (κ2) is 6.14. The highest BCUT2D eigenvalue weighted by molar-refractivity contribution is 5.39. The van der Waals surface area contributed by atoms with Crippen molar-refractivity contribution in [2.45, 2.75) is 39.7 Å². The molecule has 0 aliphatic heterocycles. The highest BCUT2D eigenvalue weighted by Crippen LogP contribution is 2.27. The summed E-state index contributed by atoms with van der Waals surface area (Å²) in [5.74, 6) is 6.87. The van der Waals surface area contributed by atoms with Crippen LogP contribution in [0.5, 0.6) is 5.75 Å². The third-order valence-corrected chi connectivity index (χ3v) is 3.37. The number of aryl methyl sites for hydroxylation is 1. The van der Waals surface area contributed by atoms with Crippen LogP contribution < -0.4 is 16.0 Å². The summed E-state index contributed by atoms with van der Waals surface area (Å²) in [6.07, 6.45) is 0. The van der Waals surface area contributed by atoms with Crippen LogP contribution >= 0.6 is 0 Å². The molecule has 0 radical (unpaired) electrons. The monoisotopic (exact) mass is 285 g/mol. The van der Waals surface area contributed by atoms with Gasteiger partial charge in [0.1, 0.15) is 18.2 Å². The molecule has 4 heteroatoms. The Balaban J connectivity index is 2.10. The van der Waals surface area contributed by atoms with Gasteiger partial charge in [0.2, 0.25) is 0 Å². The highest BCUT2D eigenvalue weighted by Gasteiger charge is 2.14. The third-order valence-electron chi connectivity index (χ3n) is 3.37. The molecule has 3 N–H and O–H groups in total. The molecule has 0 atom stereocenters. The lowest BCUT2D eigenvalue weighted by Crippen LogP contribution is -2.11. The third kappa shape index (κ3) is 3.95. The number of anilines is 1.